The third kappa shape index (κ3) is 5.87. The number of para-hydroxylation sites is 1. The summed E-state index contributed by atoms with van der Waals surface area (Å²) in [7, 11) is 1.66. The Labute approximate surface area is 209 Å². The Kier molecular flexibility index (Phi) is 8.80. The van der Waals surface area contributed by atoms with Gasteiger partial charge in [-0.1, -0.05) is 74.0 Å². The second kappa shape index (κ2) is 12.2. The number of aliphatic hydroxyl groups is 1. The molecular weight excluding hydrogens is 438 g/mol. The summed E-state index contributed by atoms with van der Waals surface area (Å²) in [5.74, 6) is 1.25. The fourth-order valence-electron chi connectivity index (χ4n) is 4.85. The molecule has 1 aliphatic heterocycles. The second-order valence-electron chi connectivity index (χ2n) is 9.07. The molecule has 3 aromatic rings. The molecule has 0 aliphatic carbocycles. The van der Waals surface area contributed by atoms with Gasteiger partial charge in [0.15, 0.2) is 0 Å². The minimum Gasteiger partial charge on any atom is -0.496 e. The van der Waals surface area contributed by atoms with Gasteiger partial charge in [0, 0.05) is 31.1 Å². The molecule has 0 radical (unpaired) electrons. The Morgan fingerprint density at radius 1 is 0.943 bits per heavy atom. The Bertz CT molecular complexity index is 1030. The average molecular weight is 476 g/mol. The van der Waals surface area contributed by atoms with Gasteiger partial charge in [0.25, 0.3) is 0 Å². The highest BCUT2D eigenvalue weighted by Crippen LogP contribution is 2.46. The molecule has 1 saturated heterocycles. The standard InChI is InChI=1S/C30H37NO4/c1-3-4-20-35-26-16-14-25(15-17-26)30(32,27-12-8-9-13-29(27)33-2)28(24-10-6-5-7-11-24)23-31-18-21-34-22-19-31/h5-17,28,32H,3-4,18-23H2,1-2H3/t28-,30-/m1/s1. The van der Waals surface area contributed by atoms with E-state index in [1.165, 1.54) is 0 Å². The van der Waals surface area contributed by atoms with E-state index >= 15 is 0 Å². The topological polar surface area (TPSA) is 51.2 Å². The van der Waals surface area contributed by atoms with Crippen LogP contribution in [-0.2, 0) is 10.3 Å². The van der Waals surface area contributed by atoms with E-state index in [4.69, 9.17) is 14.2 Å². The maximum Gasteiger partial charge on any atom is 0.126 e. The molecule has 5 nitrogen and oxygen atoms in total. The lowest BCUT2D eigenvalue weighted by Gasteiger charge is -2.41. The number of ether oxygens (including phenoxy) is 3. The molecule has 2 atom stereocenters. The fourth-order valence-corrected chi connectivity index (χ4v) is 4.85. The van der Waals surface area contributed by atoms with Crippen molar-refractivity contribution >= 4 is 0 Å². The van der Waals surface area contributed by atoms with Crippen molar-refractivity contribution in [2.45, 2.75) is 31.3 Å². The SMILES string of the molecule is CCCCOc1ccc([C@@](O)(c2ccccc2OC)[C@H](CN2CCOCC2)c2ccccc2)cc1. The monoisotopic (exact) mass is 475 g/mol. The molecule has 1 fully saturated rings. The van der Waals surface area contributed by atoms with E-state index < -0.39 is 5.60 Å². The minimum absolute atomic E-state index is 0.232. The van der Waals surface area contributed by atoms with Crippen molar-refractivity contribution in [3.63, 3.8) is 0 Å². The third-order valence-corrected chi connectivity index (χ3v) is 6.83. The van der Waals surface area contributed by atoms with Crippen molar-refractivity contribution in [1.29, 1.82) is 0 Å². The molecule has 1 aliphatic rings. The molecule has 0 amide bonds. The number of morpholine rings is 1. The maximum absolute atomic E-state index is 12.8. The number of unbranched alkanes of at least 4 members (excludes halogenated alkanes) is 1. The molecule has 186 valence electrons. The summed E-state index contributed by atoms with van der Waals surface area (Å²) in [6, 6.07) is 26.0. The van der Waals surface area contributed by atoms with Crippen LogP contribution in [0.5, 0.6) is 11.5 Å². The second-order valence-corrected chi connectivity index (χ2v) is 9.07. The lowest BCUT2D eigenvalue weighted by atomic mass is 9.72. The first kappa shape index (κ1) is 25.2. The number of methoxy groups -OCH3 is 1. The number of rotatable bonds is 11. The number of hydrogen-bond donors (Lipinski definition) is 1. The highest BCUT2D eigenvalue weighted by molar-refractivity contribution is 5.49. The molecule has 0 spiro atoms. The van der Waals surface area contributed by atoms with Crippen molar-refractivity contribution in [3.05, 3.63) is 95.6 Å². The lowest BCUT2D eigenvalue weighted by Crippen LogP contribution is -2.45. The zero-order chi connectivity index (χ0) is 24.5. The van der Waals surface area contributed by atoms with Crippen molar-refractivity contribution in [2.75, 3.05) is 46.6 Å². The van der Waals surface area contributed by atoms with Crippen molar-refractivity contribution in [1.82, 2.24) is 4.90 Å². The first-order chi connectivity index (χ1) is 17.2. The predicted octanol–water partition coefficient (Wildman–Crippen LogP) is 5.23. The van der Waals surface area contributed by atoms with Crippen LogP contribution in [0.4, 0.5) is 0 Å². The van der Waals surface area contributed by atoms with Crippen molar-refractivity contribution in [2.24, 2.45) is 0 Å². The normalized spacial score (nSPS) is 16.9. The molecule has 1 heterocycles. The van der Waals surface area contributed by atoms with Crippen LogP contribution < -0.4 is 9.47 Å². The zero-order valence-electron chi connectivity index (χ0n) is 20.9. The summed E-state index contributed by atoms with van der Waals surface area (Å²) in [4.78, 5) is 2.38. The van der Waals surface area contributed by atoms with Crippen molar-refractivity contribution in [3.8, 4) is 11.5 Å². The Morgan fingerprint density at radius 3 is 2.31 bits per heavy atom. The Morgan fingerprint density at radius 2 is 1.63 bits per heavy atom. The van der Waals surface area contributed by atoms with E-state index in [0.717, 1.165) is 48.4 Å². The van der Waals surface area contributed by atoms with Crippen molar-refractivity contribution < 1.29 is 19.3 Å². The van der Waals surface area contributed by atoms with Crippen LogP contribution in [0, 0.1) is 0 Å². The quantitative estimate of drug-likeness (QED) is 0.385. The summed E-state index contributed by atoms with van der Waals surface area (Å²) in [5.41, 5.74) is 1.32. The van der Waals surface area contributed by atoms with Crippen LogP contribution in [0.25, 0.3) is 0 Å². The summed E-state index contributed by atoms with van der Waals surface area (Å²) >= 11 is 0. The molecule has 0 aromatic heterocycles. The van der Waals surface area contributed by atoms with Gasteiger partial charge in [-0.2, -0.15) is 0 Å². The Balaban J connectivity index is 1.81. The van der Waals surface area contributed by atoms with Crippen LogP contribution in [0.15, 0.2) is 78.9 Å². The van der Waals surface area contributed by atoms with E-state index in [-0.39, 0.29) is 5.92 Å². The molecule has 0 saturated carbocycles. The predicted molar refractivity (Wildman–Crippen MR) is 139 cm³/mol. The average Bonchev–Trinajstić information content (AvgIpc) is 2.93. The molecular formula is C30H37NO4. The van der Waals surface area contributed by atoms with E-state index in [9.17, 15) is 5.11 Å². The highest BCUT2D eigenvalue weighted by atomic mass is 16.5. The molecule has 5 heteroatoms. The van der Waals surface area contributed by atoms with E-state index in [2.05, 4.69) is 24.0 Å². The smallest absolute Gasteiger partial charge is 0.126 e. The number of hydrogen-bond acceptors (Lipinski definition) is 5. The number of benzene rings is 3. The van der Waals surface area contributed by atoms with Gasteiger partial charge < -0.3 is 19.3 Å². The molecule has 35 heavy (non-hydrogen) atoms. The van der Waals surface area contributed by atoms with Gasteiger partial charge >= 0.3 is 0 Å². The minimum atomic E-state index is -1.33. The summed E-state index contributed by atoms with van der Waals surface area (Å²) in [6.07, 6.45) is 2.11. The van der Waals surface area contributed by atoms with Gasteiger partial charge in [0.05, 0.1) is 26.9 Å². The van der Waals surface area contributed by atoms with Gasteiger partial charge in [-0.3, -0.25) is 4.90 Å². The summed E-state index contributed by atoms with van der Waals surface area (Å²) < 4.78 is 17.3. The highest BCUT2D eigenvalue weighted by Gasteiger charge is 2.44. The van der Waals surface area contributed by atoms with Crippen LogP contribution in [0.1, 0.15) is 42.4 Å². The van der Waals surface area contributed by atoms with E-state index in [0.29, 0.717) is 32.1 Å². The van der Waals surface area contributed by atoms with E-state index in [1.54, 1.807) is 7.11 Å². The molecule has 1 N–H and O–H groups in total. The molecule has 4 rings (SSSR count). The lowest BCUT2D eigenvalue weighted by molar-refractivity contribution is -0.000153. The van der Waals surface area contributed by atoms with Gasteiger partial charge in [0.1, 0.15) is 17.1 Å². The van der Waals surface area contributed by atoms with Gasteiger partial charge in [0.2, 0.25) is 0 Å². The maximum atomic E-state index is 12.8. The largest absolute Gasteiger partial charge is 0.496 e. The third-order valence-electron chi connectivity index (χ3n) is 6.83. The fraction of sp³-hybridized carbons (Fsp3) is 0.400. The zero-order valence-corrected chi connectivity index (χ0v) is 20.9. The summed E-state index contributed by atoms with van der Waals surface area (Å²) in [5, 5.41) is 12.8. The summed E-state index contributed by atoms with van der Waals surface area (Å²) in [6.45, 7) is 6.63. The van der Waals surface area contributed by atoms with Crippen LogP contribution in [0.3, 0.4) is 0 Å². The number of nitrogens with zero attached hydrogens (tertiary/aromatic N) is 1. The molecule has 3 aromatic carbocycles. The van der Waals surface area contributed by atoms with Crippen LogP contribution in [0.2, 0.25) is 0 Å². The van der Waals surface area contributed by atoms with Crippen LogP contribution in [-0.4, -0.2) is 56.6 Å². The first-order valence-corrected chi connectivity index (χ1v) is 12.6. The van der Waals surface area contributed by atoms with E-state index in [1.807, 2.05) is 66.7 Å². The van der Waals surface area contributed by atoms with Gasteiger partial charge in [-0.05, 0) is 35.7 Å². The van der Waals surface area contributed by atoms with Gasteiger partial charge in [-0.25, -0.2) is 0 Å². The Hall–Kier alpha value is -2.86. The molecule has 0 bridgehead atoms. The van der Waals surface area contributed by atoms with Crippen LogP contribution >= 0.6 is 0 Å². The molecule has 0 unspecified atom stereocenters. The van der Waals surface area contributed by atoms with Gasteiger partial charge in [-0.15, -0.1) is 0 Å². The first-order valence-electron chi connectivity index (χ1n) is 12.6.